The number of alkyl halides is 3. The van der Waals surface area contributed by atoms with Crippen molar-refractivity contribution in [3.05, 3.63) is 99.8 Å². The minimum atomic E-state index is -4.72. The summed E-state index contributed by atoms with van der Waals surface area (Å²) in [5, 5.41) is 25.8. The summed E-state index contributed by atoms with van der Waals surface area (Å²) < 4.78 is 40.7. The van der Waals surface area contributed by atoms with E-state index in [-0.39, 0.29) is 41.9 Å². The molecule has 0 aliphatic carbocycles. The van der Waals surface area contributed by atoms with Crippen molar-refractivity contribution >= 4 is 40.8 Å². The average molecular weight is 604 g/mol. The van der Waals surface area contributed by atoms with E-state index in [1.165, 1.54) is 18.3 Å². The number of benzene rings is 3. The number of anilines is 1. The van der Waals surface area contributed by atoms with Gasteiger partial charge in [0.05, 0.1) is 17.0 Å². The first-order chi connectivity index (χ1) is 19.4. The number of aromatic nitrogens is 1. The lowest BCUT2D eigenvalue weighted by molar-refractivity contribution is -0.138. The van der Waals surface area contributed by atoms with Crippen LogP contribution >= 0.6 is 23.2 Å². The van der Waals surface area contributed by atoms with Crippen LogP contribution in [0.5, 0.6) is 5.75 Å². The maximum absolute atomic E-state index is 13.6. The number of carbonyl (C=O) groups excluding carboxylic acids is 1. The molecule has 0 fully saturated rings. The summed E-state index contributed by atoms with van der Waals surface area (Å²) >= 11 is 12.4. The van der Waals surface area contributed by atoms with E-state index in [4.69, 9.17) is 28.3 Å². The zero-order chi connectivity index (χ0) is 29.7. The number of pyridine rings is 1. The first-order valence-electron chi connectivity index (χ1n) is 12.1. The number of aliphatic carboxylic acids is 1. The van der Waals surface area contributed by atoms with E-state index in [0.29, 0.717) is 21.8 Å². The molecule has 0 saturated carbocycles. The number of phenols is 1. The summed E-state index contributed by atoms with van der Waals surface area (Å²) in [5.41, 5.74) is 1.50. The maximum Gasteiger partial charge on any atom is 0.416 e. The van der Waals surface area contributed by atoms with E-state index >= 15 is 0 Å². The van der Waals surface area contributed by atoms with Crippen molar-refractivity contribution in [3.8, 4) is 28.0 Å². The number of hydrogen-bond donors (Lipinski definition) is 4. The predicted octanol–water partition coefficient (Wildman–Crippen LogP) is 7.26. The topological polar surface area (TPSA) is 112 Å². The zero-order valence-corrected chi connectivity index (χ0v) is 22.6. The summed E-state index contributed by atoms with van der Waals surface area (Å²) in [5.74, 6) is -2.30. The molecule has 1 aromatic heterocycles. The molecule has 0 saturated heterocycles. The number of rotatable bonds is 9. The number of carboxylic acids is 1. The van der Waals surface area contributed by atoms with Crippen molar-refractivity contribution in [3.63, 3.8) is 0 Å². The summed E-state index contributed by atoms with van der Waals surface area (Å²) in [4.78, 5) is 26.9. The quantitative estimate of drug-likeness (QED) is 0.160. The van der Waals surface area contributed by atoms with E-state index in [1.54, 1.807) is 30.3 Å². The highest BCUT2D eigenvalue weighted by Crippen LogP contribution is 2.39. The first-order valence-corrected chi connectivity index (χ1v) is 12.9. The van der Waals surface area contributed by atoms with Crippen molar-refractivity contribution in [2.24, 2.45) is 0 Å². The normalized spacial score (nSPS) is 11.2. The van der Waals surface area contributed by atoms with Crippen LogP contribution in [-0.2, 0) is 17.5 Å². The molecule has 4 rings (SSSR count). The second kappa shape index (κ2) is 12.5. The van der Waals surface area contributed by atoms with Crippen LogP contribution in [0.15, 0.2) is 72.9 Å². The van der Waals surface area contributed by atoms with Crippen LogP contribution in [0.3, 0.4) is 0 Å². The number of carboxylic acid groups (broad SMARTS) is 1. The van der Waals surface area contributed by atoms with Gasteiger partial charge in [0.1, 0.15) is 11.4 Å². The molecule has 7 nitrogen and oxygen atoms in total. The lowest BCUT2D eigenvalue weighted by Gasteiger charge is -2.17. The number of aromatic hydroxyl groups is 1. The molecule has 0 aliphatic heterocycles. The number of carbonyl (C=O) groups is 2. The first kappa shape index (κ1) is 29.7. The maximum atomic E-state index is 13.6. The Labute approximate surface area is 242 Å². The van der Waals surface area contributed by atoms with Gasteiger partial charge < -0.3 is 20.8 Å². The predicted molar refractivity (Wildman–Crippen MR) is 150 cm³/mol. The Bertz CT molecular complexity index is 1580. The van der Waals surface area contributed by atoms with E-state index in [2.05, 4.69) is 15.6 Å². The summed E-state index contributed by atoms with van der Waals surface area (Å²) in [6, 6.07) is 16.6. The highest BCUT2D eigenvalue weighted by molar-refractivity contribution is 6.33. The van der Waals surface area contributed by atoms with Crippen molar-refractivity contribution in [1.82, 2.24) is 10.3 Å². The van der Waals surface area contributed by atoms with E-state index < -0.39 is 29.4 Å². The molecule has 41 heavy (non-hydrogen) atoms. The third-order valence-electron chi connectivity index (χ3n) is 6.08. The molecule has 1 heterocycles. The molecule has 0 aliphatic rings. The lowest BCUT2D eigenvalue weighted by Crippen LogP contribution is -2.26. The Morgan fingerprint density at radius 3 is 2.22 bits per heavy atom. The molecule has 0 radical (unpaired) electrons. The van der Waals surface area contributed by atoms with Crippen LogP contribution in [0.4, 0.5) is 18.9 Å². The van der Waals surface area contributed by atoms with Gasteiger partial charge in [0.15, 0.2) is 0 Å². The fraction of sp³-hybridized carbons (Fsp3) is 0.138. The van der Waals surface area contributed by atoms with Gasteiger partial charge >= 0.3 is 12.1 Å². The second-order valence-corrected chi connectivity index (χ2v) is 9.75. The van der Waals surface area contributed by atoms with Gasteiger partial charge in [0, 0.05) is 46.7 Å². The van der Waals surface area contributed by atoms with Crippen molar-refractivity contribution in [2.45, 2.75) is 19.1 Å². The molecule has 12 heteroatoms. The van der Waals surface area contributed by atoms with Crippen LogP contribution in [0, 0.1) is 0 Å². The van der Waals surface area contributed by atoms with Gasteiger partial charge in [-0.2, -0.15) is 13.2 Å². The second-order valence-electron chi connectivity index (χ2n) is 8.91. The molecular formula is C29H22Cl2F3N3O4. The van der Waals surface area contributed by atoms with Gasteiger partial charge in [0.2, 0.25) is 0 Å². The Morgan fingerprint density at radius 1 is 0.902 bits per heavy atom. The number of phenolic OH excluding ortho intramolecular Hbond substituents is 1. The van der Waals surface area contributed by atoms with E-state index in [9.17, 15) is 27.9 Å². The smallest absolute Gasteiger partial charge is 0.416 e. The molecule has 1 amide bonds. The number of halogens is 5. The van der Waals surface area contributed by atoms with Crippen LogP contribution in [-0.4, -0.2) is 33.6 Å². The fourth-order valence-electron chi connectivity index (χ4n) is 4.00. The molecule has 0 bridgehead atoms. The molecule has 212 valence electrons. The minimum absolute atomic E-state index is 0.0505. The Hall–Kier alpha value is -4.28. The molecule has 0 atom stereocenters. The highest BCUT2D eigenvalue weighted by atomic mass is 35.5. The van der Waals surface area contributed by atoms with Gasteiger partial charge in [-0.05, 0) is 53.6 Å². The molecule has 4 N–H and O–H groups in total. The molecule has 3 aromatic carbocycles. The monoisotopic (exact) mass is 603 g/mol. The van der Waals surface area contributed by atoms with Crippen molar-refractivity contribution in [1.29, 1.82) is 0 Å². The van der Waals surface area contributed by atoms with Crippen molar-refractivity contribution in [2.75, 3.05) is 11.9 Å². The number of amides is 1. The van der Waals surface area contributed by atoms with Crippen LogP contribution in [0.1, 0.15) is 28.0 Å². The summed E-state index contributed by atoms with van der Waals surface area (Å²) in [7, 11) is 0. The summed E-state index contributed by atoms with van der Waals surface area (Å²) in [6.07, 6.45) is -3.79. The van der Waals surface area contributed by atoms with Gasteiger partial charge in [-0.15, -0.1) is 0 Å². The van der Waals surface area contributed by atoms with Gasteiger partial charge in [0.25, 0.3) is 5.91 Å². The molecule has 0 spiro atoms. The fourth-order valence-corrected chi connectivity index (χ4v) is 4.42. The van der Waals surface area contributed by atoms with Crippen molar-refractivity contribution < 1.29 is 33.0 Å². The van der Waals surface area contributed by atoms with Crippen LogP contribution < -0.4 is 10.6 Å². The number of nitrogens with zero attached hydrogens (tertiary/aromatic N) is 1. The highest BCUT2D eigenvalue weighted by Gasteiger charge is 2.32. The van der Waals surface area contributed by atoms with Gasteiger partial charge in [-0.3, -0.25) is 14.6 Å². The Balaban J connectivity index is 1.60. The summed E-state index contributed by atoms with van der Waals surface area (Å²) in [6.45, 7) is -0.174. The van der Waals surface area contributed by atoms with Crippen LogP contribution in [0.25, 0.3) is 22.3 Å². The number of nitrogens with one attached hydrogen (secondary N) is 2. The van der Waals surface area contributed by atoms with Gasteiger partial charge in [-0.25, -0.2) is 0 Å². The third kappa shape index (κ3) is 7.47. The van der Waals surface area contributed by atoms with Crippen LogP contribution in [0.2, 0.25) is 10.0 Å². The Kier molecular flexibility index (Phi) is 9.05. The molecule has 0 unspecified atom stereocenters. The van der Waals surface area contributed by atoms with Gasteiger partial charge in [-0.1, -0.05) is 47.5 Å². The lowest BCUT2D eigenvalue weighted by atomic mass is 9.96. The zero-order valence-electron chi connectivity index (χ0n) is 21.1. The molecular weight excluding hydrogens is 582 g/mol. The van der Waals surface area contributed by atoms with E-state index in [1.807, 2.05) is 12.1 Å². The third-order valence-corrected chi connectivity index (χ3v) is 6.64. The Morgan fingerprint density at radius 2 is 1.61 bits per heavy atom. The molecule has 4 aromatic rings. The standard InChI is InChI=1S/C29H22Cl2F3N3O4/c30-19-4-1-16(2-5-19)21-7-6-20(13-24(21)31)36-15-23-22(11-18(12-26(23)38)29(32,33)34)17-3-8-25(37-14-17)28(41)35-10-9-27(39)40/h1-8,11-14,36,38H,9-10,15H2,(H,35,41)(H,39,40). The average Bonchev–Trinajstić information content (AvgIpc) is 2.92. The minimum Gasteiger partial charge on any atom is -0.508 e. The number of hydrogen-bond acceptors (Lipinski definition) is 5. The SMILES string of the molecule is O=C(O)CCNC(=O)c1ccc(-c2cc(C(F)(F)F)cc(O)c2CNc2ccc(-c3ccc(Cl)cc3)c(Cl)c2)cn1. The largest absolute Gasteiger partial charge is 0.508 e. The van der Waals surface area contributed by atoms with E-state index in [0.717, 1.165) is 17.2 Å².